The Balaban J connectivity index is 1.77. The molecular formula is C13H21NO2. The number of likely N-dealkylation sites (N-methyl/N-ethyl adjacent to an activating group) is 1. The van der Waals surface area contributed by atoms with E-state index in [0.717, 1.165) is 24.3 Å². The number of hydrogen-bond acceptors (Lipinski definition) is 2. The third-order valence-corrected chi connectivity index (χ3v) is 4.19. The van der Waals surface area contributed by atoms with Crippen LogP contribution >= 0.6 is 0 Å². The van der Waals surface area contributed by atoms with E-state index in [0.29, 0.717) is 12.1 Å². The molecule has 2 bridgehead atoms. The fourth-order valence-corrected chi connectivity index (χ4v) is 3.46. The lowest BCUT2D eigenvalue weighted by Crippen LogP contribution is -2.31. The van der Waals surface area contributed by atoms with Crippen LogP contribution in [0.2, 0.25) is 0 Å². The highest BCUT2D eigenvalue weighted by atomic mass is 16.4. The summed E-state index contributed by atoms with van der Waals surface area (Å²) < 4.78 is 0. The molecule has 0 aliphatic heterocycles. The van der Waals surface area contributed by atoms with Crippen molar-refractivity contribution in [3.05, 3.63) is 12.2 Å². The minimum absolute atomic E-state index is 0.297. The van der Waals surface area contributed by atoms with Crippen LogP contribution in [0.5, 0.6) is 0 Å². The van der Waals surface area contributed by atoms with Gasteiger partial charge in [-0.05, 0) is 44.1 Å². The molecule has 0 spiro atoms. The summed E-state index contributed by atoms with van der Waals surface area (Å²) in [6.07, 6.45) is 5.59. The second-order valence-electron chi connectivity index (χ2n) is 5.54. The van der Waals surface area contributed by atoms with Crippen molar-refractivity contribution >= 4 is 5.97 Å². The molecule has 0 amide bonds. The Morgan fingerprint density at radius 1 is 1.44 bits per heavy atom. The molecule has 0 aromatic rings. The summed E-state index contributed by atoms with van der Waals surface area (Å²) in [5.74, 6) is 1.79. The quantitative estimate of drug-likeness (QED) is 0.725. The Morgan fingerprint density at radius 2 is 2.19 bits per heavy atom. The first-order valence-electron chi connectivity index (χ1n) is 6.16. The van der Waals surface area contributed by atoms with Gasteiger partial charge >= 0.3 is 5.97 Å². The van der Waals surface area contributed by atoms with Crippen molar-refractivity contribution < 1.29 is 9.90 Å². The Labute approximate surface area is 97.1 Å². The van der Waals surface area contributed by atoms with E-state index in [1.165, 1.54) is 25.7 Å². The van der Waals surface area contributed by atoms with E-state index in [4.69, 9.17) is 5.11 Å². The number of hydrogen-bond donors (Lipinski definition) is 1. The Bertz CT molecular complexity index is 300. The summed E-state index contributed by atoms with van der Waals surface area (Å²) >= 11 is 0. The lowest BCUT2D eigenvalue weighted by Gasteiger charge is -2.27. The molecule has 3 atom stereocenters. The number of rotatable bonds is 5. The number of carboxylic acids is 1. The first kappa shape index (κ1) is 11.6. The molecule has 0 aromatic heterocycles. The third-order valence-electron chi connectivity index (χ3n) is 4.19. The van der Waals surface area contributed by atoms with Crippen LogP contribution < -0.4 is 0 Å². The minimum atomic E-state index is -0.875. The highest BCUT2D eigenvalue weighted by molar-refractivity contribution is 5.86. The second kappa shape index (κ2) is 4.58. The summed E-state index contributed by atoms with van der Waals surface area (Å²) in [6.45, 7) is 5.10. The number of fused-ring (bicyclic) bond motifs is 2. The van der Waals surface area contributed by atoms with E-state index in [2.05, 4.69) is 11.5 Å². The molecule has 2 fully saturated rings. The van der Waals surface area contributed by atoms with Crippen LogP contribution in [0.1, 0.15) is 25.7 Å². The molecule has 2 aliphatic carbocycles. The first-order chi connectivity index (χ1) is 7.56. The fourth-order valence-electron chi connectivity index (χ4n) is 3.46. The van der Waals surface area contributed by atoms with Gasteiger partial charge in [0, 0.05) is 18.7 Å². The average molecular weight is 223 g/mol. The molecule has 2 saturated carbocycles. The molecule has 3 nitrogen and oxygen atoms in total. The summed E-state index contributed by atoms with van der Waals surface area (Å²) in [5, 5.41) is 8.77. The molecule has 3 unspecified atom stereocenters. The molecule has 16 heavy (non-hydrogen) atoms. The molecule has 90 valence electrons. The van der Waals surface area contributed by atoms with E-state index >= 15 is 0 Å². The maximum atomic E-state index is 10.7. The molecule has 2 aliphatic rings. The van der Waals surface area contributed by atoms with Gasteiger partial charge in [-0.25, -0.2) is 4.79 Å². The van der Waals surface area contributed by atoms with Gasteiger partial charge in [-0.15, -0.1) is 0 Å². The normalized spacial score (nSPS) is 32.2. The van der Waals surface area contributed by atoms with Gasteiger partial charge in [0.25, 0.3) is 0 Å². The molecular weight excluding hydrogens is 202 g/mol. The Kier molecular flexibility index (Phi) is 3.33. The first-order valence-corrected chi connectivity index (χ1v) is 6.16. The third kappa shape index (κ3) is 2.46. The van der Waals surface area contributed by atoms with E-state index in [1.807, 2.05) is 7.05 Å². The van der Waals surface area contributed by atoms with E-state index in [9.17, 15) is 4.79 Å². The van der Waals surface area contributed by atoms with Crippen LogP contribution in [0, 0.1) is 17.8 Å². The summed E-state index contributed by atoms with van der Waals surface area (Å²) in [5.41, 5.74) is 0.297. The zero-order chi connectivity index (χ0) is 11.7. The molecule has 2 rings (SSSR count). The minimum Gasteiger partial charge on any atom is -0.478 e. The number of carbonyl (C=O) groups is 1. The summed E-state index contributed by atoms with van der Waals surface area (Å²) in [7, 11) is 2.00. The maximum Gasteiger partial charge on any atom is 0.332 e. The van der Waals surface area contributed by atoms with Crippen LogP contribution in [-0.4, -0.2) is 36.1 Å². The van der Waals surface area contributed by atoms with Crippen LogP contribution in [0.15, 0.2) is 12.2 Å². The zero-order valence-corrected chi connectivity index (χ0v) is 9.98. The van der Waals surface area contributed by atoms with E-state index in [-0.39, 0.29) is 0 Å². The van der Waals surface area contributed by atoms with Crippen molar-refractivity contribution in [1.82, 2.24) is 4.90 Å². The standard InChI is InChI=1S/C13H21NO2/c1-9(13(15)16)7-14(2)8-12-6-10-3-4-11(12)5-10/h10-12H,1,3-8H2,2H3,(H,15,16). The predicted octanol–water partition coefficient (Wildman–Crippen LogP) is 2.00. The molecule has 0 radical (unpaired) electrons. The molecule has 0 aromatic carbocycles. The number of nitrogens with zero attached hydrogens (tertiary/aromatic N) is 1. The Hall–Kier alpha value is -0.830. The van der Waals surface area contributed by atoms with Crippen molar-refractivity contribution in [3.8, 4) is 0 Å². The fraction of sp³-hybridized carbons (Fsp3) is 0.769. The largest absolute Gasteiger partial charge is 0.478 e. The number of aliphatic carboxylic acids is 1. The highest BCUT2D eigenvalue weighted by Crippen LogP contribution is 2.48. The lowest BCUT2D eigenvalue weighted by atomic mass is 9.88. The SMILES string of the molecule is C=C(CN(C)CC1CC2CCC1C2)C(=O)O. The van der Waals surface area contributed by atoms with Crippen LogP contribution in [0.25, 0.3) is 0 Å². The zero-order valence-electron chi connectivity index (χ0n) is 9.98. The Morgan fingerprint density at radius 3 is 2.69 bits per heavy atom. The van der Waals surface area contributed by atoms with Gasteiger partial charge in [0.05, 0.1) is 0 Å². The highest BCUT2D eigenvalue weighted by Gasteiger charge is 2.39. The van der Waals surface area contributed by atoms with Gasteiger partial charge in [-0.1, -0.05) is 13.0 Å². The van der Waals surface area contributed by atoms with Crippen LogP contribution in [0.4, 0.5) is 0 Å². The maximum absolute atomic E-state index is 10.7. The van der Waals surface area contributed by atoms with Crippen molar-refractivity contribution in [2.45, 2.75) is 25.7 Å². The van der Waals surface area contributed by atoms with Gasteiger partial charge in [0.15, 0.2) is 0 Å². The van der Waals surface area contributed by atoms with Gasteiger partial charge in [-0.3, -0.25) is 0 Å². The average Bonchev–Trinajstić information content (AvgIpc) is 2.78. The van der Waals surface area contributed by atoms with Gasteiger partial charge in [0.1, 0.15) is 0 Å². The number of carboxylic acid groups (broad SMARTS) is 1. The lowest BCUT2D eigenvalue weighted by molar-refractivity contribution is -0.132. The van der Waals surface area contributed by atoms with Crippen molar-refractivity contribution in [2.24, 2.45) is 17.8 Å². The summed E-state index contributed by atoms with van der Waals surface area (Å²) in [4.78, 5) is 12.8. The monoisotopic (exact) mass is 223 g/mol. The topological polar surface area (TPSA) is 40.5 Å². The van der Waals surface area contributed by atoms with Gasteiger partial charge < -0.3 is 10.0 Å². The van der Waals surface area contributed by atoms with Crippen molar-refractivity contribution in [3.63, 3.8) is 0 Å². The van der Waals surface area contributed by atoms with Crippen LogP contribution in [0.3, 0.4) is 0 Å². The second-order valence-corrected chi connectivity index (χ2v) is 5.54. The summed E-state index contributed by atoms with van der Waals surface area (Å²) in [6, 6.07) is 0. The van der Waals surface area contributed by atoms with E-state index in [1.54, 1.807) is 0 Å². The van der Waals surface area contributed by atoms with Crippen molar-refractivity contribution in [2.75, 3.05) is 20.1 Å². The van der Waals surface area contributed by atoms with Gasteiger partial charge in [-0.2, -0.15) is 0 Å². The van der Waals surface area contributed by atoms with Crippen LogP contribution in [-0.2, 0) is 4.79 Å². The molecule has 1 N–H and O–H groups in total. The van der Waals surface area contributed by atoms with Gasteiger partial charge in [0.2, 0.25) is 0 Å². The molecule has 3 heteroatoms. The molecule has 0 saturated heterocycles. The molecule has 0 heterocycles. The van der Waals surface area contributed by atoms with E-state index < -0.39 is 5.97 Å². The predicted molar refractivity (Wildman–Crippen MR) is 63.2 cm³/mol. The van der Waals surface area contributed by atoms with Crippen molar-refractivity contribution in [1.29, 1.82) is 0 Å². The smallest absolute Gasteiger partial charge is 0.332 e.